The maximum absolute atomic E-state index is 12.1. The van der Waals surface area contributed by atoms with Crippen LogP contribution in [-0.4, -0.2) is 37.3 Å². The minimum atomic E-state index is -3.27. The Morgan fingerprint density at radius 3 is 1.94 bits per heavy atom. The zero-order chi connectivity index (χ0) is 14.4. The van der Waals surface area contributed by atoms with Crippen molar-refractivity contribution >= 4 is 15.8 Å². The molecule has 1 fully saturated rings. The monoisotopic (exact) mass is 277 g/mol. The van der Waals surface area contributed by atoms with Gasteiger partial charge in [0.15, 0.2) is 0 Å². The highest BCUT2D eigenvalue weighted by atomic mass is 32.2. The second kappa shape index (κ2) is 7.24. The number of Topliss-reactive ketones (excluding diaryl/α,β-unsaturated/α-hetero) is 1. The third kappa shape index (κ3) is 5.06. The Bertz CT molecular complexity index is 354. The number of carbonyl (C=O) groups is 1. The summed E-state index contributed by atoms with van der Waals surface area (Å²) in [7, 11) is -3.27. The molecule has 5 heteroatoms. The fourth-order valence-electron chi connectivity index (χ4n) is 1.79. The number of rotatable bonds is 4. The Hall–Kier alpha value is -0.420. The van der Waals surface area contributed by atoms with Crippen LogP contribution in [0, 0.1) is 5.41 Å². The van der Waals surface area contributed by atoms with Crippen LogP contribution in [0.15, 0.2) is 0 Å². The zero-order valence-corrected chi connectivity index (χ0v) is 13.1. The molecule has 1 rings (SSSR count). The summed E-state index contributed by atoms with van der Waals surface area (Å²) in [5, 5.41) is 0. The molecular formula is C13H27NO3S. The molecule has 0 saturated carbocycles. The van der Waals surface area contributed by atoms with Gasteiger partial charge in [0.1, 0.15) is 5.78 Å². The van der Waals surface area contributed by atoms with E-state index in [-0.39, 0.29) is 11.5 Å². The maximum atomic E-state index is 12.1. The molecule has 0 amide bonds. The van der Waals surface area contributed by atoms with Crippen LogP contribution >= 0.6 is 0 Å². The van der Waals surface area contributed by atoms with Crippen molar-refractivity contribution in [3.05, 3.63) is 0 Å². The Kier molecular flexibility index (Phi) is 7.07. The highest BCUT2D eigenvalue weighted by Gasteiger charge is 2.34. The topological polar surface area (TPSA) is 54.5 Å². The lowest BCUT2D eigenvalue weighted by Gasteiger charge is -2.29. The van der Waals surface area contributed by atoms with E-state index in [0.29, 0.717) is 13.1 Å². The molecule has 0 unspecified atom stereocenters. The Labute approximate surface area is 112 Å². The van der Waals surface area contributed by atoms with Crippen LogP contribution in [0.25, 0.3) is 0 Å². The number of hydrogen-bond acceptors (Lipinski definition) is 3. The Morgan fingerprint density at radius 2 is 1.56 bits per heavy atom. The summed E-state index contributed by atoms with van der Waals surface area (Å²) in [5.74, 6) is -0.150. The summed E-state index contributed by atoms with van der Waals surface area (Å²) in [5.41, 5.74) is -0.781. The van der Waals surface area contributed by atoms with Crippen molar-refractivity contribution in [2.75, 3.05) is 18.8 Å². The Balaban J connectivity index is 0.00000137. The van der Waals surface area contributed by atoms with Crippen molar-refractivity contribution in [3.8, 4) is 0 Å². The number of ketones is 1. The summed E-state index contributed by atoms with van der Waals surface area (Å²) in [6.07, 6.45) is 2.96. The van der Waals surface area contributed by atoms with E-state index in [1.807, 2.05) is 13.8 Å². The van der Waals surface area contributed by atoms with Crippen LogP contribution in [0.1, 0.15) is 53.9 Å². The number of nitrogens with zero attached hydrogens (tertiary/aromatic N) is 1. The highest BCUT2D eigenvalue weighted by Crippen LogP contribution is 2.23. The summed E-state index contributed by atoms with van der Waals surface area (Å²) in [6, 6.07) is 0. The molecule has 108 valence electrons. The van der Waals surface area contributed by atoms with Gasteiger partial charge in [-0.2, -0.15) is 0 Å². The van der Waals surface area contributed by atoms with Crippen LogP contribution in [0.2, 0.25) is 0 Å². The largest absolute Gasteiger partial charge is 0.299 e. The standard InChI is InChI=1S/C11H21NO3S.C2H6/c1-10(13)11(2,3)9-16(14,15)12-7-5-4-6-8-12;1-2/h4-9H2,1-3H3;1-2H3. The van der Waals surface area contributed by atoms with Gasteiger partial charge in [0.05, 0.1) is 5.75 Å². The van der Waals surface area contributed by atoms with Gasteiger partial charge in [-0.25, -0.2) is 12.7 Å². The molecule has 0 N–H and O–H groups in total. The summed E-state index contributed by atoms with van der Waals surface area (Å²) in [6.45, 7) is 10.0. The molecule has 0 aliphatic carbocycles. The molecule has 4 nitrogen and oxygen atoms in total. The zero-order valence-electron chi connectivity index (χ0n) is 12.3. The molecule has 0 bridgehead atoms. The normalized spacial score (nSPS) is 17.8. The van der Waals surface area contributed by atoms with Gasteiger partial charge >= 0.3 is 0 Å². The highest BCUT2D eigenvalue weighted by molar-refractivity contribution is 7.89. The van der Waals surface area contributed by atoms with Gasteiger partial charge < -0.3 is 0 Å². The molecule has 0 aromatic carbocycles. The number of carbonyl (C=O) groups excluding carboxylic acids is 1. The summed E-state index contributed by atoms with van der Waals surface area (Å²) >= 11 is 0. The van der Waals surface area contributed by atoms with E-state index in [9.17, 15) is 13.2 Å². The lowest BCUT2D eigenvalue weighted by Crippen LogP contribution is -2.42. The SMILES string of the molecule is CC.CC(=O)C(C)(C)CS(=O)(=O)N1CCCCC1. The van der Waals surface area contributed by atoms with Crippen LogP contribution in [0.4, 0.5) is 0 Å². The lowest BCUT2D eigenvalue weighted by atomic mass is 9.92. The van der Waals surface area contributed by atoms with Crippen LogP contribution in [0.3, 0.4) is 0 Å². The van der Waals surface area contributed by atoms with Gasteiger partial charge in [-0.05, 0) is 19.8 Å². The van der Waals surface area contributed by atoms with Gasteiger partial charge in [0, 0.05) is 18.5 Å². The van der Waals surface area contributed by atoms with Crippen molar-refractivity contribution in [1.82, 2.24) is 4.31 Å². The first kappa shape index (κ1) is 17.6. The molecule has 1 aliphatic rings. The predicted octanol–water partition coefficient (Wildman–Crippen LogP) is 2.44. The van der Waals surface area contributed by atoms with Crippen molar-refractivity contribution in [2.45, 2.75) is 53.9 Å². The molecule has 1 heterocycles. The van der Waals surface area contributed by atoms with E-state index >= 15 is 0 Å². The maximum Gasteiger partial charge on any atom is 0.215 e. The van der Waals surface area contributed by atoms with E-state index in [0.717, 1.165) is 19.3 Å². The molecule has 0 radical (unpaired) electrons. The molecule has 0 atom stereocenters. The first-order chi connectivity index (χ1) is 8.26. The van der Waals surface area contributed by atoms with Crippen LogP contribution in [0.5, 0.6) is 0 Å². The van der Waals surface area contributed by atoms with Crippen molar-refractivity contribution in [3.63, 3.8) is 0 Å². The van der Waals surface area contributed by atoms with Crippen molar-refractivity contribution < 1.29 is 13.2 Å². The molecule has 0 aromatic rings. The fourth-order valence-corrected chi connectivity index (χ4v) is 3.90. The van der Waals surface area contributed by atoms with Gasteiger partial charge in [-0.1, -0.05) is 34.1 Å². The van der Waals surface area contributed by atoms with Gasteiger partial charge in [-0.15, -0.1) is 0 Å². The molecule has 0 spiro atoms. The van der Waals surface area contributed by atoms with E-state index in [1.54, 1.807) is 13.8 Å². The molecule has 1 saturated heterocycles. The second-order valence-corrected chi connectivity index (χ2v) is 7.12. The number of hydrogen-bond donors (Lipinski definition) is 0. The van der Waals surface area contributed by atoms with Gasteiger partial charge in [0.2, 0.25) is 10.0 Å². The first-order valence-corrected chi connectivity index (χ1v) is 8.35. The molecule has 0 aromatic heterocycles. The third-order valence-electron chi connectivity index (χ3n) is 3.20. The van der Waals surface area contributed by atoms with Gasteiger partial charge in [0.25, 0.3) is 0 Å². The van der Waals surface area contributed by atoms with E-state index in [2.05, 4.69) is 0 Å². The lowest BCUT2D eigenvalue weighted by molar-refractivity contribution is -0.123. The second-order valence-electron chi connectivity index (χ2n) is 5.16. The first-order valence-electron chi connectivity index (χ1n) is 6.74. The molecule has 18 heavy (non-hydrogen) atoms. The average Bonchev–Trinajstić information content (AvgIpc) is 2.31. The smallest absolute Gasteiger partial charge is 0.215 e. The average molecular weight is 277 g/mol. The van der Waals surface area contributed by atoms with Crippen LogP contribution < -0.4 is 0 Å². The summed E-state index contributed by atoms with van der Waals surface area (Å²) in [4.78, 5) is 11.3. The van der Waals surface area contributed by atoms with E-state index in [4.69, 9.17) is 0 Å². The number of piperidine rings is 1. The van der Waals surface area contributed by atoms with E-state index in [1.165, 1.54) is 11.2 Å². The molecular weight excluding hydrogens is 250 g/mol. The Morgan fingerprint density at radius 1 is 1.11 bits per heavy atom. The van der Waals surface area contributed by atoms with E-state index < -0.39 is 15.4 Å². The fraction of sp³-hybridized carbons (Fsp3) is 0.923. The third-order valence-corrected chi connectivity index (χ3v) is 5.44. The van der Waals surface area contributed by atoms with Crippen molar-refractivity contribution in [2.24, 2.45) is 5.41 Å². The number of sulfonamides is 1. The summed E-state index contributed by atoms with van der Waals surface area (Å²) < 4.78 is 25.7. The predicted molar refractivity (Wildman–Crippen MR) is 75.0 cm³/mol. The minimum Gasteiger partial charge on any atom is -0.299 e. The van der Waals surface area contributed by atoms with Crippen LogP contribution in [-0.2, 0) is 14.8 Å². The van der Waals surface area contributed by atoms with Gasteiger partial charge in [-0.3, -0.25) is 4.79 Å². The molecule has 1 aliphatic heterocycles. The van der Waals surface area contributed by atoms with Crippen molar-refractivity contribution in [1.29, 1.82) is 0 Å². The quantitative estimate of drug-likeness (QED) is 0.793. The minimum absolute atomic E-state index is 0.0741.